The summed E-state index contributed by atoms with van der Waals surface area (Å²) < 4.78 is 1.94. The summed E-state index contributed by atoms with van der Waals surface area (Å²) in [6, 6.07) is 11.2. The molecular formula is C20H19ClN6O2. The summed E-state index contributed by atoms with van der Waals surface area (Å²) in [5.74, 6) is 0.587. The minimum Gasteiger partial charge on any atom is -0.481 e. The zero-order chi connectivity index (χ0) is 20.8. The van der Waals surface area contributed by atoms with Gasteiger partial charge in [-0.25, -0.2) is 9.97 Å². The predicted octanol–water partition coefficient (Wildman–Crippen LogP) is 4.30. The van der Waals surface area contributed by atoms with Crippen molar-refractivity contribution in [3.05, 3.63) is 60.0 Å². The molecule has 0 aliphatic rings. The van der Waals surface area contributed by atoms with Crippen LogP contribution in [-0.2, 0) is 11.8 Å². The van der Waals surface area contributed by atoms with Gasteiger partial charge in [0.25, 0.3) is 0 Å². The van der Waals surface area contributed by atoms with Crippen LogP contribution < -0.4 is 5.32 Å². The minimum absolute atomic E-state index is 0.222. The summed E-state index contributed by atoms with van der Waals surface area (Å²) in [6.45, 7) is 1.60. The third-order valence-corrected chi connectivity index (χ3v) is 4.21. The zero-order valence-electron chi connectivity index (χ0n) is 15.9. The SMILES string of the molecule is CCC(=O)O.Cn1c(-c2ccncc2)nc2cnc(Nc3ccc(Cl)cc3)nc21. The van der Waals surface area contributed by atoms with Crippen LogP contribution in [0.4, 0.5) is 11.6 Å². The van der Waals surface area contributed by atoms with Crippen molar-refractivity contribution >= 4 is 40.4 Å². The topological polar surface area (TPSA) is 106 Å². The van der Waals surface area contributed by atoms with Gasteiger partial charge in [-0.2, -0.15) is 4.98 Å². The molecule has 1 aromatic carbocycles. The van der Waals surface area contributed by atoms with Crippen LogP contribution in [0.1, 0.15) is 13.3 Å². The first-order valence-corrected chi connectivity index (χ1v) is 9.20. The molecule has 8 nitrogen and oxygen atoms in total. The average molecular weight is 411 g/mol. The molecule has 148 valence electrons. The fraction of sp³-hybridized carbons (Fsp3) is 0.150. The molecule has 2 N–H and O–H groups in total. The van der Waals surface area contributed by atoms with E-state index in [0.717, 1.165) is 28.2 Å². The number of fused-ring (bicyclic) bond motifs is 1. The monoisotopic (exact) mass is 410 g/mol. The van der Waals surface area contributed by atoms with E-state index in [1.54, 1.807) is 25.5 Å². The summed E-state index contributed by atoms with van der Waals surface area (Å²) in [5.41, 5.74) is 3.35. The molecule has 4 rings (SSSR count). The van der Waals surface area contributed by atoms with Gasteiger partial charge in [-0.3, -0.25) is 9.78 Å². The second kappa shape index (κ2) is 9.11. The molecule has 0 fully saturated rings. The Bertz CT molecular complexity index is 1110. The Balaban J connectivity index is 0.000000431. The van der Waals surface area contributed by atoms with Gasteiger partial charge in [0.05, 0.1) is 6.20 Å². The molecule has 3 heterocycles. The lowest BCUT2D eigenvalue weighted by Gasteiger charge is -2.05. The van der Waals surface area contributed by atoms with Crippen LogP contribution in [0.3, 0.4) is 0 Å². The maximum absolute atomic E-state index is 9.37. The normalized spacial score (nSPS) is 10.3. The standard InChI is InChI=1S/C17H13ClN6.C3H6O2/c1-24-15(11-6-8-19-9-7-11)22-14-10-20-17(23-16(14)24)21-13-4-2-12(18)3-5-13;1-2-3(4)5/h2-10H,1H3,(H,20,21,23);2H2,1H3,(H,4,5). The number of hydrogen-bond donors (Lipinski definition) is 2. The lowest BCUT2D eigenvalue weighted by atomic mass is 10.2. The van der Waals surface area contributed by atoms with E-state index >= 15 is 0 Å². The number of carboxylic acids is 1. The fourth-order valence-electron chi connectivity index (χ4n) is 2.46. The first-order valence-electron chi connectivity index (χ1n) is 8.82. The maximum Gasteiger partial charge on any atom is 0.303 e. The van der Waals surface area contributed by atoms with Crippen molar-refractivity contribution in [3.8, 4) is 11.4 Å². The average Bonchev–Trinajstić information content (AvgIpc) is 3.07. The third kappa shape index (κ3) is 5.05. The maximum atomic E-state index is 9.37. The number of carbonyl (C=O) groups is 1. The van der Waals surface area contributed by atoms with Crippen molar-refractivity contribution in [1.29, 1.82) is 0 Å². The van der Waals surface area contributed by atoms with Crippen LogP contribution in [0, 0.1) is 0 Å². The first-order chi connectivity index (χ1) is 14.0. The number of aliphatic carboxylic acids is 1. The molecule has 0 saturated carbocycles. The molecular weight excluding hydrogens is 392 g/mol. The number of aromatic nitrogens is 5. The lowest BCUT2D eigenvalue weighted by molar-refractivity contribution is -0.136. The Kier molecular flexibility index (Phi) is 6.36. The summed E-state index contributed by atoms with van der Waals surface area (Å²) in [5, 5.41) is 11.6. The smallest absolute Gasteiger partial charge is 0.303 e. The summed E-state index contributed by atoms with van der Waals surface area (Å²) in [6.07, 6.45) is 5.42. The van der Waals surface area contributed by atoms with Gasteiger partial charge in [0.1, 0.15) is 11.3 Å². The van der Waals surface area contributed by atoms with Gasteiger partial charge in [-0.1, -0.05) is 18.5 Å². The summed E-state index contributed by atoms with van der Waals surface area (Å²) in [4.78, 5) is 26.9. The van der Waals surface area contributed by atoms with Crippen LogP contribution in [0.2, 0.25) is 5.02 Å². The number of imidazole rings is 1. The van der Waals surface area contributed by atoms with E-state index in [4.69, 9.17) is 16.7 Å². The molecule has 9 heteroatoms. The van der Waals surface area contributed by atoms with Gasteiger partial charge in [-0.15, -0.1) is 0 Å². The molecule has 0 bridgehead atoms. The number of aryl methyl sites for hydroxylation is 1. The van der Waals surface area contributed by atoms with Gasteiger partial charge < -0.3 is 15.0 Å². The van der Waals surface area contributed by atoms with Gasteiger partial charge in [-0.05, 0) is 36.4 Å². The Labute approximate surface area is 172 Å². The van der Waals surface area contributed by atoms with E-state index < -0.39 is 5.97 Å². The van der Waals surface area contributed by atoms with Crippen molar-refractivity contribution in [2.75, 3.05) is 5.32 Å². The molecule has 0 spiro atoms. The number of carboxylic acid groups (broad SMARTS) is 1. The molecule has 0 aliphatic carbocycles. The highest BCUT2D eigenvalue weighted by Crippen LogP contribution is 2.23. The largest absolute Gasteiger partial charge is 0.481 e. The molecule has 0 saturated heterocycles. The quantitative estimate of drug-likeness (QED) is 0.516. The molecule has 3 aromatic heterocycles. The molecule has 0 radical (unpaired) electrons. The number of pyridine rings is 1. The van der Waals surface area contributed by atoms with Crippen molar-refractivity contribution < 1.29 is 9.90 Å². The van der Waals surface area contributed by atoms with Crippen LogP contribution in [0.5, 0.6) is 0 Å². The van der Waals surface area contributed by atoms with Crippen LogP contribution >= 0.6 is 11.6 Å². The molecule has 0 aliphatic heterocycles. The van der Waals surface area contributed by atoms with Crippen molar-refractivity contribution in [2.45, 2.75) is 13.3 Å². The Morgan fingerprint density at radius 1 is 1.14 bits per heavy atom. The molecule has 29 heavy (non-hydrogen) atoms. The van der Waals surface area contributed by atoms with Crippen molar-refractivity contribution in [1.82, 2.24) is 24.5 Å². The Hall–Kier alpha value is -3.52. The third-order valence-electron chi connectivity index (χ3n) is 3.95. The van der Waals surface area contributed by atoms with E-state index in [1.807, 2.05) is 48.0 Å². The van der Waals surface area contributed by atoms with Crippen molar-refractivity contribution in [2.24, 2.45) is 7.05 Å². The van der Waals surface area contributed by atoms with Gasteiger partial charge in [0, 0.05) is 42.1 Å². The van der Waals surface area contributed by atoms with Crippen LogP contribution in [0.15, 0.2) is 55.0 Å². The summed E-state index contributed by atoms with van der Waals surface area (Å²) >= 11 is 5.90. The van der Waals surface area contributed by atoms with E-state index in [9.17, 15) is 4.79 Å². The Morgan fingerprint density at radius 3 is 2.41 bits per heavy atom. The number of benzene rings is 1. The molecule has 0 amide bonds. The number of hydrogen-bond acceptors (Lipinski definition) is 6. The van der Waals surface area contributed by atoms with Crippen molar-refractivity contribution in [3.63, 3.8) is 0 Å². The number of anilines is 2. The highest BCUT2D eigenvalue weighted by atomic mass is 35.5. The van der Waals surface area contributed by atoms with E-state index in [0.29, 0.717) is 11.0 Å². The first kappa shape index (κ1) is 20.2. The number of halogens is 1. The predicted molar refractivity (Wildman–Crippen MR) is 112 cm³/mol. The number of rotatable bonds is 4. The molecule has 4 aromatic rings. The highest BCUT2D eigenvalue weighted by molar-refractivity contribution is 6.30. The number of nitrogens with one attached hydrogen (secondary N) is 1. The Morgan fingerprint density at radius 2 is 1.79 bits per heavy atom. The van der Waals surface area contributed by atoms with E-state index in [-0.39, 0.29) is 6.42 Å². The summed E-state index contributed by atoms with van der Waals surface area (Å²) in [7, 11) is 1.93. The second-order valence-electron chi connectivity index (χ2n) is 6.01. The second-order valence-corrected chi connectivity index (χ2v) is 6.45. The molecule has 0 unspecified atom stereocenters. The van der Waals surface area contributed by atoms with Crippen LogP contribution in [0.25, 0.3) is 22.6 Å². The van der Waals surface area contributed by atoms with E-state index in [1.165, 1.54) is 0 Å². The van der Waals surface area contributed by atoms with Gasteiger partial charge >= 0.3 is 5.97 Å². The zero-order valence-corrected chi connectivity index (χ0v) is 16.6. The van der Waals surface area contributed by atoms with Crippen LogP contribution in [-0.4, -0.2) is 35.6 Å². The van der Waals surface area contributed by atoms with Gasteiger partial charge in [0.15, 0.2) is 5.65 Å². The highest BCUT2D eigenvalue weighted by Gasteiger charge is 2.12. The lowest BCUT2D eigenvalue weighted by Crippen LogP contribution is -1.99. The number of nitrogens with zero attached hydrogens (tertiary/aromatic N) is 5. The van der Waals surface area contributed by atoms with Gasteiger partial charge in [0.2, 0.25) is 5.95 Å². The minimum atomic E-state index is -0.745. The van der Waals surface area contributed by atoms with E-state index in [2.05, 4.69) is 25.3 Å². The fourth-order valence-corrected chi connectivity index (χ4v) is 2.59. The molecule has 0 atom stereocenters.